The molecule has 1 N–H and O–H groups in total. The minimum Gasteiger partial charge on any atom is -0.542 e. The summed E-state index contributed by atoms with van der Waals surface area (Å²) >= 11 is 0. The maximum atomic E-state index is 13.5. The zero-order chi connectivity index (χ0) is 29.0. The number of carboxylic acids is 1. The Morgan fingerprint density at radius 2 is 1.63 bits per heavy atom. The first-order valence-corrected chi connectivity index (χ1v) is 15.0. The number of amides is 1. The summed E-state index contributed by atoms with van der Waals surface area (Å²) in [7, 11) is 0. The van der Waals surface area contributed by atoms with Crippen LogP contribution in [0.25, 0.3) is 0 Å². The van der Waals surface area contributed by atoms with Crippen molar-refractivity contribution in [1.82, 2.24) is 5.32 Å². The van der Waals surface area contributed by atoms with Gasteiger partial charge in [0, 0.05) is 24.8 Å². The fraction of sp³-hybridized carbons (Fsp3) is 0.562. The molecule has 5 aliphatic rings. The second-order valence-corrected chi connectivity index (χ2v) is 12.2. The van der Waals surface area contributed by atoms with Gasteiger partial charge in [-0.25, -0.2) is 0 Å². The number of piperidine rings is 3. The molecular formula is C32H39F3N2O4. The lowest BCUT2D eigenvalue weighted by Gasteiger charge is -2.53. The van der Waals surface area contributed by atoms with Gasteiger partial charge in [0.25, 0.3) is 5.91 Å². The summed E-state index contributed by atoms with van der Waals surface area (Å²) in [6, 6.07) is 14.5. The number of carbonyl (C=O) groups is 2. The van der Waals surface area contributed by atoms with E-state index in [1.165, 1.54) is 87.5 Å². The van der Waals surface area contributed by atoms with Gasteiger partial charge in [0.15, 0.2) is 0 Å². The molecule has 1 amide bonds. The number of alkyl halides is 3. The lowest BCUT2D eigenvalue weighted by Crippen LogP contribution is -2.67. The molecule has 1 atom stereocenters. The third kappa shape index (κ3) is 7.05. The van der Waals surface area contributed by atoms with Gasteiger partial charge < -0.3 is 24.4 Å². The van der Waals surface area contributed by atoms with Crippen LogP contribution in [0.1, 0.15) is 79.3 Å². The summed E-state index contributed by atoms with van der Waals surface area (Å²) in [5.41, 5.74) is 2.98. The Bertz CT molecular complexity index is 1230. The normalized spacial score (nSPS) is 25.1. The van der Waals surface area contributed by atoms with Crippen LogP contribution in [0.2, 0.25) is 0 Å². The number of rotatable bonds is 6. The van der Waals surface area contributed by atoms with E-state index in [1.54, 1.807) is 0 Å². The van der Waals surface area contributed by atoms with E-state index >= 15 is 0 Å². The highest BCUT2D eigenvalue weighted by atomic mass is 19.4. The number of aliphatic carboxylic acids is 1. The van der Waals surface area contributed by atoms with Crippen molar-refractivity contribution in [3.8, 4) is 11.5 Å². The molecule has 41 heavy (non-hydrogen) atoms. The van der Waals surface area contributed by atoms with Crippen molar-refractivity contribution in [2.75, 3.05) is 26.2 Å². The summed E-state index contributed by atoms with van der Waals surface area (Å²) in [5, 5.41) is 12.3. The van der Waals surface area contributed by atoms with Crippen molar-refractivity contribution in [3.63, 3.8) is 0 Å². The second kappa shape index (κ2) is 12.4. The molecule has 0 spiro atoms. The van der Waals surface area contributed by atoms with Gasteiger partial charge in [-0.1, -0.05) is 62.4 Å². The lowest BCUT2D eigenvalue weighted by atomic mass is 9.80. The topological polar surface area (TPSA) is 78.5 Å². The van der Waals surface area contributed by atoms with Crippen molar-refractivity contribution >= 4 is 11.9 Å². The highest BCUT2D eigenvalue weighted by Gasteiger charge is 2.46. The van der Waals surface area contributed by atoms with Gasteiger partial charge in [-0.15, -0.1) is 0 Å². The maximum absolute atomic E-state index is 13.5. The predicted octanol–water partition coefficient (Wildman–Crippen LogP) is 5.38. The number of nitrogens with zero attached hydrogens (tertiary/aromatic N) is 1. The van der Waals surface area contributed by atoms with Crippen LogP contribution in [0.4, 0.5) is 13.2 Å². The van der Waals surface area contributed by atoms with E-state index in [0.29, 0.717) is 11.5 Å². The molecule has 222 valence electrons. The number of para-hydroxylation sites is 2. The number of carbonyl (C=O) groups excluding carboxylic acids is 2. The van der Waals surface area contributed by atoms with E-state index in [0.717, 1.165) is 35.9 Å². The van der Waals surface area contributed by atoms with Crippen LogP contribution < -0.4 is 15.2 Å². The fourth-order valence-electron chi connectivity index (χ4n) is 7.29. The molecular weight excluding hydrogens is 533 g/mol. The number of benzene rings is 2. The van der Waals surface area contributed by atoms with Crippen molar-refractivity contribution in [3.05, 3.63) is 59.2 Å². The van der Waals surface area contributed by atoms with Gasteiger partial charge in [-0.05, 0) is 42.4 Å². The Kier molecular flexibility index (Phi) is 8.92. The third-order valence-corrected chi connectivity index (χ3v) is 9.53. The van der Waals surface area contributed by atoms with Gasteiger partial charge in [-0.3, -0.25) is 4.79 Å². The summed E-state index contributed by atoms with van der Waals surface area (Å²) in [4.78, 5) is 22.3. The molecule has 2 aromatic carbocycles. The monoisotopic (exact) mass is 572 g/mol. The van der Waals surface area contributed by atoms with Crippen molar-refractivity contribution < 1.29 is 37.1 Å². The molecule has 2 bridgehead atoms. The number of quaternary nitrogens is 1. The largest absolute Gasteiger partial charge is 0.542 e. The van der Waals surface area contributed by atoms with Crippen LogP contribution in [-0.2, 0) is 11.2 Å². The van der Waals surface area contributed by atoms with E-state index < -0.39 is 12.1 Å². The Hall–Kier alpha value is -3.07. The minimum atomic E-state index is -5.19. The molecule has 4 fully saturated rings. The molecule has 0 aromatic heterocycles. The maximum Gasteiger partial charge on any atom is 0.430 e. The summed E-state index contributed by atoms with van der Waals surface area (Å²) in [6.45, 7) is 5.03. The predicted molar refractivity (Wildman–Crippen MR) is 146 cm³/mol. The molecule has 0 unspecified atom stereocenters. The number of carboxylic acid groups (broad SMARTS) is 1. The van der Waals surface area contributed by atoms with Gasteiger partial charge in [0.05, 0.1) is 37.8 Å². The zero-order valence-corrected chi connectivity index (χ0v) is 23.4. The first-order chi connectivity index (χ1) is 19.6. The van der Waals surface area contributed by atoms with Crippen LogP contribution in [0, 0.1) is 11.8 Å². The average molecular weight is 573 g/mol. The summed E-state index contributed by atoms with van der Waals surface area (Å²) in [5.74, 6) is 0.252. The minimum absolute atomic E-state index is 0.0373. The molecule has 4 aliphatic heterocycles. The number of fused-ring (bicyclic) bond motifs is 5. The van der Waals surface area contributed by atoms with Gasteiger partial charge in [-0.2, -0.15) is 13.2 Å². The molecule has 3 saturated heterocycles. The Morgan fingerprint density at radius 3 is 2.34 bits per heavy atom. The number of halogens is 3. The van der Waals surface area contributed by atoms with Crippen LogP contribution in [0.15, 0.2) is 42.5 Å². The third-order valence-electron chi connectivity index (χ3n) is 9.53. The smallest absolute Gasteiger partial charge is 0.430 e. The van der Waals surface area contributed by atoms with Crippen molar-refractivity contribution in [2.45, 2.75) is 76.4 Å². The molecule has 2 aromatic rings. The van der Waals surface area contributed by atoms with Crippen molar-refractivity contribution in [2.24, 2.45) is 11.8 Å². The van der Waals surface area contributed by atoms with Gasteiger partial charge in [0.2, 0.25) is 0 Å². The number of hydrogen-bond donors (Lipinski definition) is 1. The van der Waals surface area contributed by atoms with E-state index in [4.69, 9.17) is 14.6 Å². The van der Waals surface area contributed by atoms with Gasteiger partial charge >= 0.3 is 6.18 Å². The molecule has 1 saturated carbocycles. The number of ether oxygens (including phenoxy) is 1. The average Bonchev–Trinajstić information content (AvgIpc) is 2.96. The highest BCUT2D eigenvalue weighted by molar-refractivity contribution is 5.98. The van der Waals surface area contributed by atoms with Crippen molar-refractivity contribution in [1.29, 1.82) is 0 Å². The SMILES string of the molecule is O=C(N[C@@H]1C[N+]2(CCCC3CCCCC3)CCC1CC2)c1cccc2c1Oc1ccccc1C2.O=C([O-])C(F)(F)F. The van der Waals surface area contributed by atoms with Crippen LogP contribution in [0.3, 0.4) is 0 Å². The van der Waals surface area contributed by atoms with Crippen LogP contribution >= 0.6 is 0 Å². The molecule has 0 radical (unpaired) electrons. The first-order valence-electron chi connectivity index (χ1n) is 15.0. The van der Waals surface area contributed by atoms with E-state index in [-0.39, 0.29) is 11.9 Å². The molecule has 6 nitrogen and oxygen atoms in total. The molecule has 7 rings (SSSR count). The van der Waals surface area contributed by atoms with E-state index in [9.17, 15) is 18.0 Å². The zero-order valence-electron chi connectivity index (χ0n) is 23.4. The Labute approximate surface area is 239 Å². The standard InChI is InChI=1S/C30H38N2O2.C2HF3O2/c33-30(26-13-6-12-25-20-24-11-4-5-14-28(24)34-29(25)26)31-27-21-32(18-15-23(27)16-19-32)17-7-10-22-8-2-1-3-9-22;3-2(4,5)1(6)7/h4-6,11-14,22-23,27H,1-3,7-10,15-21H2;(H,6,7)/t23?,27-,32?;/m1./s1. The summed E-state index contributed by atoms with van der Waals surface area (Å²) in [6.07, 6.45) is 8.14. The first kappa shape index (κ1) is 29.4. The molecule has 4 heterocycles. The van der Waals surface area contributed by atoms with E-state index in [1.807, 2.05) is 30.3 Å². The number of nitrogens with one attached hydrogen (secondary N) is 1. The van der Waals surface area contributed by atoms with Crippen LogP contribution in [-0.4, -0.2) is 54.8 Å². The fourth-order valence-corrected chi connectivity index (χ4v) is 7.29. The molecule has 9 heteroatoms. The Balaban J connectivity index is 0.000000431. The lowest BCUT2D eigenvalue weighted by molar-refractivity contribution is -0.944. The highest BCUT2D eigenvalue weighted by Crippen LogP contribution is 2.39. The van der Waals surface area contributed by atoms with Gasteiger partial charge in [0.1, 0.15) is 17.5 Å². The number of hydrogen-bond acceptors (Lipinski definition) is 4. The quantitative estimate of drug-likeness (QED) is 0.403. The second-order valence-electron chi connectivity index (χ2n) is 12.2. The Morgan fingerprint density at radius 1 is 0.951 bits per heavy atom. The van der Waals surface area contributed by atoms with E-state index in [2.05, 4.69) is 17.4 Å². The molecule has 1 aliphatic carbocycles. The summed E-state index contributed by atoms with van der Waals surface area (Å²) < 4.78 is 39.0. The van der Waals surface area contributed by atoms with Crippen LogP contribution in [0.5, 0.6) is 11.5 Å².